The Hall–Kier alpha value is -2.54. The van der Waals surface area contributed by atoms with Crippen molar-refractivity contribution in [3.63, 3.8) is 0 Å². The first kappa shape index (κ1) is 16.0. The molecule has 1 aromatic rings. The number of benzene rings is 1. The third-order valence-corrected chi connectivity index (χ3v) is 5.33. The highest BCUT2D eigenvalue weighted by atomic mass is 16.5. The van der Waals surface area contributed by atoms with Crippen LogP contribution in [0, 0.1) is 22.7 Å². The molecule has 0 fully saturated rings. The Morgan fingerprint density at radius 3 is 2.76 bits per heavy atom. The molecule has 0 unspecified atom stereocenters. The highest BCUT2D eigenvalue weighted by molar-refractivity contribution is 5.98. The summed E-state index contributed by atoms with van der Waals surface area (Å²) in [6, 6.07) is 12.5. The second kappa shape index (κ2) is 5.77. The minimum atomic E-state index is -0.109. The van der Waals surface area contributed by atoms with Crippen molar-refractivity contribution in [1.29, 1.82) is 5.26 Å². The third-order valence-electron chi connectivity index (χ3n) is 5.33. The van der Waals surface area contributed by atoms with Crippen molar-refractivity contribution in [2.24, 2.45) is 11.3 Å². The number of nitriles is 1. The molecular weight excluding hydrogens is 312 g/mol. The maximum Gasteiger partial charge on any atom is 0.172 e. The number of rotatable bonds is 2. The molecule has 2 heterocycles. The summed E-state index contributed by atoms with van der Waals surface area (Å²) in [6.45, 7) is 4.90. The second-order valence-electron chi connectivity index (χ2n) is 7.99. The summed E-state index contributed by atoms with van der Waals surface area (Å²) >= 11 is 0. The average molecular weight is 334 g/mol. The number of allylic oxidation sites excluding steroid dienone is 3. The first-order valence-electron chi connectivity index (χ1n) is 8.81. The highest BCUT2D eigenvalue weighted by Gasteiger charge is 2.45. The summed E-state index contributed by atoms with van der Waals surface area (Å²) in [4.78, 5) is 14.8. The van der Waals surface area contributed by atoms with E-state index in [4.69, 9.17) is 4.74 Å². The number of hydrogen-bond acceptors (Lipinski definition) is 4. The third kappa shape index (κ3) is 2.84. The van der Waals surface area contributed by atoms with Crippen molar-refractivity contribution >= 4 is 5.78 Å². The summed E-state index contributed by atoms with van der Waals surface area (Å²) in [5.41, 5.74) is 2.53. The molecule has 0 amide bonds. The van der Waals surface area contributed by atoms with E-state index in [1.54, 1.807) is 0 Å². The van der Waals surface area contributed by atoms with Crippen LogP contribution in [0.5, 0.6) is 0 Å². The number of ether oxygens (including phenoxy) is 1. The molecule has 0 radical (unpaired) electrons. The van der Waals surface area contributed by atoms with Gasteiger partial charge >= 0.3 is 0 Å². The Morgan fingerprint density at radius 1 is 1.28 bits per heavy atom. The van der Waals surface area contributed by atoms with Crippen molar-refractivity contribution < 1.29 is 9.53 Å². The van der Waals surface area contributed by atoms with E-state index in [1.165, 1.54) is 5.56 Å². The van der Waals surface area contributed by atoms with Crippen molar-refractivity contribution in [1.82, 2.24) is 4.90 Å². The van der Waals surface area contributed by atoms with Gasteiger partial charge in [0.25, 0.3) is 0 Å². The first-order chi connectivity index (χ1) is 12.0. The first-order valence-corrected chi connectivity index (χ1v) is 8.81. The maximum absolute atomic E-state index is 12.7. The standard InChI is InChI=1S/C21H22N2O2/c1-21(2)9-17(24)20-16-8-19(25-18(20)10-21)23(13-15(16)11-22)12-14-6-4-3-5-7-14/h3-7,13,16,19H,8-10,12H2,1-2H3/t16-,19+/m0/s1. The fourth-order valence-corrected chi connectivity index (χ4v) is 4.19. The smallest absolute Gasteiger partial charge is 0.172 e. The van der Waals surface area contributed by atoms with E-state index in [2.05, 4.69) is 36.9 Å². The predicted octanol–water partition coefficient (Wildman–Crippen LogP) is 3.92. The van der Waals surface area contributed by atoms with Crippen LogP contribution in [0.1, 0.15) is 38.7 Å². The molecule has 0 saturated carbocycles. The van der Waals surface area contributed by atoms with E-state index in [0.29, 0.717) is 25.0 Å². The van der Waals surface area contributed by atoms with E-state index >= 15 is 0 Å². The van der Waals surface area contributed by atoms with Crippen LogP contribution in [0.3, 0.4) is 0 Å². The van der Waals surface area contributed by atoms with Crippen LogP contribution in [0.15, 0.2) is 53.4 Å². The Bertz CT molecular complexity index is 814. The number of carbonyl (C=O) groups is 1. The fourth-order valence-electron chi connectivity index (χ4n) is 4.19. The molecule has 3 aliphatic rings. The number of hydrogen-bond donors (Lipinski definition) is 0. The van der Waals surface area contributed by atoms with Gasteiger partial charge in [0, 0.05) is 43.5 Å². The molecular formula is C21H22N2O2. The van der Waals surface area contributed by atoms with Crippen LogP contribution >= 0.6 is 0 Å². The number of Topliss-reactive ketones (excluding diaryl/α,β-unsaturated/α-hetero) is 1. The molecule has 2 bridgehead atoms. The van der Waals surface area contributed by atoms with Gasteiger partial charge in [0.1, 0.15) is 5.76 Å². The van der Waals surface area contributed by atoms with Gasteiger partial charge in [-0.15, -0.1) is 0 Å². The van der Waals surface area contributed by atoms with Crippen LogP contribution < -0.4 is 0 Å². The highest BCUT2D eigenvalue weighted by Crippen LogP contribution is 2.48. The van der Waals surface area contributed by atoms with Gasteiger partial charge in [0.2, 0.25) is 0 Å². The molecule has 1 aromatic carbocycles. The van der Waals surface area contributed by atoms with Gasteiger partial charge in [-0.05, 0) is 11.0 Å². The van der Waals surface area contributed by atoms with Crippen LogP contribution in [0.4, 0.5) is 0 Å². The summed E-state index contributed by atoms with van der Waals surface area (Å²) in [7, 11) is 0. The van der Waals surface area contributed by atoms with Gasteiger partial charge in [-0.3, -0.25) is 4.79 Å². The molecule has 128 valence electrons. The number of carbonyl (C=O) groups excluding carboxylic acids is 1. The monoisotopic (exact) mass is 334 g/mol. The summed E-state index contributed by atoms with van der Waals surface area (Å²) in [5, 5.41) is 9.65. The SMILES string of the molecule is CC1(C)CC(=O)C2=C(C1)O[C@@H]1C[C@H]2C(C#N)=CN1Cc1ccccc1. The second-order valence-corrected chi connectivity index (χ2v) is 7.99. The molecule has 25 heavy (non-hydrogen) atoms. The molecule has 2 aliphatic heterocycles. The molecule has 0 aromatic heterocycles. The van der Waals surface area contributed by atoms with Crippen LogP contribution in [-0.4, -0.2) is 16.9 Å². The van der Waals surface area contributed by atoms with E-state index < -0.39 is 0 Å². The number of ketones is 1. The van der Waals surface area contributed by atoms with Crippen molar-refractivity contribution in [3.05, 3.63) is 59.0 Å². The van der Waals surface area contributed by atoms with Crippen molar-refractivity contribution in [3.8, 4) is 6.07 Å². The zero-order valence-electron chi connectivity index (χ0n) is 14.7. The molecule has 0 saturated heterocycles. The van der Waals surface area contributed by atoms with Gasteiger partial charge in [-0.1, -0.05) is 44.2 Å². The van der Waals surface area contributed by atoms with Gasteiger partial charge in [-0.2, -0.15) is 5.26 Å². The molecule has 0 spiro atoms. The Morgan fingerprint density at radius 2 is 2.04 bits per heavy atom. The van der Waals surface area contributed by atoms with Crippen molar-refractivity contribution in [2.75, 3.05) is 0 Å². The quantitative estimate of drug-likeness (QED) is 0.823. The van der Waals surface area contributed by atoms with Gasteiger partial charge in [0.15, 0.2) is 12.0 Å². The lowest BCUT2D eigenvalue weighted by molar-refractivity contribution is -0.122. The van der Waals surface area contributed by atoms with E-state index in [-0.39, 0.29) is 23.3 Å². The van der Waals surface area contributed by atoms with E-state index in [1.807, 2.05) is 24.4 Å². The van der Waals surface area contributed by atoms with Crippen LogP contribution in [0.25, 0.3) is 0 Å². The van der Waals surface area contributed by atoms with E-state index in [0.717, 1.165) is 17.8 Å². The lowest BCUT2D eigenvalue weighted by Crippen LogP contribution is -2.45. The minimum absolute atomic E-state index is 0.0810. The topological polar surface area (TPSA) is 53.3 Å². The van der Waals surface area contributed by atoms with Gasteiger partial charge in [0.05, 0.1) is 11.6 Å². The normalized spacial score (nSPS) is 27.2. The Kier molecular flexibility index (Phi) is 3.68. The number of nitrogens with zero attached hydrogens (tertiary/aromatic N) is 2. The van der Waals surface area contributed by atoms with Gasteiger partial charge in [-0.25, -0.2) is 0 Å². The van der Waals surface area contributed by atoms with Crippen LogP contribution in [-0.2, 0) is 16.1 Å². The minimum Gasteiger partial charge on any atom is -0.474 e. The average Bonchev–Trinajstić information content (AvgIpc) is 2.56. The Labute approximate surface area is 148 Å². The van der Waals surface area contributed by atoms with Crippen molar-refractivity contribution in [2.45, 2.75) is 45.9 Å². The molecule has 4 rings (SSSR count). The fraction of sp³-hybridized carbons (Fsp3) is 0.429. The molecule has 2 atom stereocenters. The summed E-state index contributed by atoms with van der Waals surface area (Å²) < 4.78 is 6.28. The lowest BCUT2D eigenvalue weighted by Gasteiger charge is -2.46. The zero-order chi connectivity index (χ0) is 17.6. The van der Waals surface area contributed by atoms with Gasteiger partial charge < -0.3 is 9.64 Å². The van der Waals surface area contributed by atoms with Crippen LogP contribution in [0.2, 0.25) is 0 Å². The number of fused-ring (bicyclic) bond motifs is 3. The molecule has 0 N–H and O–H groups in total. The summed E-state index contributed by atoms with van der Waals surface area (Å²) in [5.74, 6) is 0.850. The molecule has 4 nitrogen and oxygen atoms in total. The van der Waals surface area contributed by atoms with E-state index in [9.17, 15) is 10.1 Å². The molecule has 4 heteroatoms. The molecule has 1 aliphatic carbocycles. The largest absolute Gasteiger partial charge is 0.474 e. The zero-order valence-corrected chi connectivity index (χ0v) is 14.7. The Balaban J connectivity index is 1.68. The lowest BCUT2D eigenvalue weighted by atomic mass is 9.70. The predicted molar refractivity (Wildman–Crippen MR) is 93.7 cm³/mol. The summed E-state index contributed by atoms with van der Waals surface area (Å²) in [6.07, 6.45) is 3.75. The maximum atomic E-state index is 12.7.